The van der Waals surface area contributed by atoms with Crippen LogP contribution in [0.2, 0.25) is 0 Å². The molecular formula is C22H24N4O. The van der Waals surface area contributed by atoms with Gasteiger partial charge in [0.15, 0.2) is 0 Å². The molecule has 0 fully saturated rings. The van der Waals surface area contributed by atoms with Crippen LogP contribution >= 0.6 is 0 Å². The monoisotopic (exact) mass is 360 g/mol. The van der Waals surface area contributed by atoms with Gasteiger partial charge in [-0.05, 0) is 48.7 Å². The second-order valence-corrected chi connectivity index (χ2v) is 6.60. The van der Waals surface area contributed by atoms with Gasteiger partial charge in [-0.2, -0.15) is 0 Å². The van der Waals surface area contributed by atoms with E-state index in [0.717, 1.165) is 24.3 Å². The maximum Gasteiger partial charge on any atom is 0.251 e. The maximum atomic E-state index is 12.5. The summed E-state index contributed by atoms with van der Waals surface area (Å²) >= 11 is 0. The first-order chi connectivity index (χ1) is 13.1. The summed E-state index contributed by atoms with van der Waals surface area (Å²) in [5.41, 5.74) is 4.11. The Balaban J connectivity index is 1.59. The van der Waals surface area contributed by atoms with E-state index >= 15 is 0 Å². The molecule has 3 rings (SSSR count). The minimum Gasteiger partial charge on any atom is -0.359 e. The van der Waals surface area contributed by atoms with E-state index in [4.69, 9.17) is 0 Å². The summed E-state index contributed by atoms with van der Waals surface area (Å²) in [7, 11) is 1.98. The molecule has 0 aliphatic carbocycles. The Hall–Kier alpha value is -3.21. The normalized spacial score (nSPS) is 10.4. The second-order valence-electron chi connectivity index (χ2n) is 6.60. The number of likely N-dealkylation sites (N-methyl/N-ethyl adjacent to an activating group) is 1. The number of hydrogen-bond donors (Lipinski definition) is 1. The Labute approximate surface area is 160 Å². The number of aryl methyl sites for hydroxylation is 1. The number of carbonyl (C=O) groups excluding carboxylic acids is 1. The lowest BCUT2D eigenvalue weighted by Gasteiger charge is -2.18. The van der Waals surface area contributed by atoms with E-state index < -0.39 is 0 Å². The molecule has 1 N–H and O–H groups in total. The predicted molar refractivity (Wildman–Crippen MR) is 108 cm³/mol. The second kappa shape index (κ2) is 8.94. The average Bonchev–Trinajstić information content (AvgIpc) is 2.71. The van der Waals surface area contributed by atoms with Crippen molar-refractivity contribution in [1.82, 2.24) is 15.3 Å². The first-order valence-electron chi connectivity index (χ1n) is 9.01. The fraction of sp³-hybridized carbons (Fsp3) is 0.227. The van der Waals surface area contributed by atoms with Gasteiger partial charge in [0.1, 0.15) is 5.82 Å². The Kier molecular flexibility index (Phi) is 6.15. The van der Waals surface area contributed by atoms with Gasteiger partial charge >= 0.3 is 0 Å². The molecule has 2 aromatic heterocycles. The Morgan fingerprint density at radius 1 is 1.04 bits per heavy atom. The van der Waals surface area contributed by atoms with E-state index in [0.29, 0.717) is 12.1 Å². The quantitative estimate of drug-likeness (QED) is 0.702. The zero-order valence-electron chi connectivity index (χ0n) is 15.7. The summed E-state index contributed by atoms with van der Waals surface area (Å²) in [5, 5.41) is 2.97. The van der Waals surface area contributed by atoms with Crippen LogP contribution < -0.4 is 10.2 Å². The number of aromatic nitrogens is 2. The standard InChI is InChI=1S/C22H24N4O/c1-17-4-3-5-19(14-17)16-25-22(27)20-8-12-24-21(15-20)26(2)13-9-18-6-10-23-11-7-18/h3-8,10-12,14-15H,9,13,16H2,1-2H3,(H,25,27). The molecule has 0 aliphatic heterocycles. The highest BCUT2D eigenvalue weighted by molar-refractivity contribution is 5.94. The van der Waals surface area contributed by atoms with Crippen LogP contribution in [-0.4, -0.2) is 29.5 Å². The molecule has 0 aliphatic rings. The molecule has 0 unspecified atom stereocenters. The highest BCUT2D eigenvalue weighted by atomic mass is 16.1. The van der Waals surface area contributed by atoms with Gasteiger partial charge in [0, 0.05) is 44.3 Å². The number of nitrogens with zero attached hydrogens (tertiary/aromatic N) is 3. The number of anilines is 1. The van der Waals surface area contributed by atoms with E-state index in [1.807, 2.05) is 50.4 Å². The average molecular weight is 360 g/mol. The van der Waals surface area contributed by atoms with Crippen LogP contribution in [0, 0.1) is 6.92 Å². The minimum atomic E-state index is -0.0947. The third-order valence-corrected chi connectivity index (χ3v) is 4.42. The molecule has 2 heterocycles. The third kappa shape index (κ3) is 5.38. The first-order valence-corrected chi connectivity index (χ1v) is 9.01. The van der Waals surface area contributed by atoms with Crippen LogP contribution in [0.15, 0.2) is 67.1 Å². The molecular weight excluding hydrogens is 336 g/mol. The van der Waals surface area contributed by atoms with Gasteiger partial charge in [-0.25, -0.2) is 4.98 Å². The molecule has 0 saturated heterocycles. The summed E-state index contributed by atoms with van der Waals surface area (Å²) in [4.78, 5) is 23.0. The van der Waals surface area contributed by atoms with E-state index in [1.165, 1.54) is 11.1 Å². The van der Waals surface area contributed by atoms with Crippen LogP contribution in [0.4, 0.5) is 5.82 Å². The van der Waals surface area contributed by atoms with E-state index in [9.17, 15) is 4.79 Å². The lowest BCUT2D eigenvalue weighted by Crippen LogP contribution is -2.25. The van der Waals surface area contributed by atoms with E-state index in [1.54, 1.807) is 24.7 Å². The van der Waals surface area contributed by atoms with Gasteiger partial charge in [-0.3, -0.25) is 9.78 Å². The first kappa shape index (κ1) is 18.6. The minimum absolute atomic E-state index is 0.0947. The van der Waals surface area contributed by atoms with Crippen molar-refractivity contribution in [3.05, 3.63) is 89.4 Å². The zero-order chi connectivity index (χ0) is 19.1. The number of hydrogen-bond acceptors (Lipinski definition) is 4. The summed E-state index contributed by atoms with van der Waals surface area (Å²) in [6, 6.07) is 15.7. The van der Waals surface area contributed by atoms with Gasteiger partial charge in [-0.1, -0.05) is 29.8 Å². The SMILES string of the molecule is Cc1cccc(CNC(=O)c2ccnc(N(C)CCc3ccncc3)c2)c1. The molecule has 5 heteroatoms. The van der Waals surface area contributed by atoms with Crippen LogP contribution in [0.1, 0.15) is 27.0 Å². The van der Waals surface area contributed by atoms with Crippen molar-refractivity contribution in [1.29, 1.82) is 0 Å². The van der Waals surface area contributed by atoms with Crippen molar-refractivity contribution >= 4 is 11.7 Å². The highest BCUT2D eigenvalue weighted by Crippen LogP contribution is 2.13. The highest BCUT2D eigenvalue weighted by Gasteiger charge is 2.09. The Bertz CT molecular complexity index is 896. The van der Waals surface area contributed by atoms with Crippen LogP contribution in [0.3, 0.4) is 0 Å². The fourth-order valence-corrected chi connectivity index (χ4v) is 2.84. The van der Waals surface area contributed by atoms with Gasteiger partial charge < -0.3 is 10.2 Å². The van der Waals surface area contributed by atoms with Gasteiger partial charge in [-0.15, -0.1) is 0 Å². The third-order valence-electron chi connectivity index (χ3n) is 4.42. The molecule has 0 spiro atoms. The zero-order valence-corrected chi connectivity index (χ0v) is 15.7. The molecule has 0 radical (unpaired) electrons. The maximum absolute atomic E-state index is 12.5. The fourth-order valence-electron chi connectivity index (χ4n) is 2.84. The van der Waals surface area contributed by atoms with Crippen LogP contribution in [-0.2, 0) is 13.0 Å². The molecule has 0 atom stereocenters. The summed E-state index contributed by atoms with van der Waals surface area (Å²) < 4.78 is 0. The van der Waals surface area contributed by atoms with Crippen molar-refractivity contribution in [3.63, 3.8) is 0 Å². The largest absolute Gasteiger partial charge is 0.359 e. The number of amides is 1. The topological polar surface area (TPSA) is 58.1 Å². The molecule has 0 bridgehead atoms. The molecule has 1 amide bonds. The van der Waals surface area contributed by atoms with Crippen molar-refractivity contribution < 1.29 is 4.79 Å². The molecule has 1 aromatic carbocycles. The molecule has 27 heavy (non-hydrogen) atoms. The summed E-state index contributed by atoms with van der Waals surface area (Å²) in [6.07, 6.45) is 6.17. The van der Waals surface area contributed by atoms with Crippen molar-refractivity contribution in [3.8, 4) is 0 Å². The summed E-state index contributed by atoms with van der Waals surface area (Å²) in [5.74, 6) is 0.690. The number of pyridine rings is 2. The van der Waals surface area contributed by atoms with Crippen molar-refractivity contribution in [2.45, 2.75) is 19.9 Å². The van der Waals surface area contributed by atoms with E-state index in [-0.39, 0.29) is 5.91 Å². The van der Waals surface area contributed by atoms with Gasteiger partial charge in [0.2, 0.25) is 0 Å². The molecule has 138 valence electrons. The summed E-state index contributed by atoms with van der Waals surface area (Å²) in [6.45, 7) is 3.36. The number of benzene rings is 1. The number of nitrogens with one attached hydrogen (secondary N) is 1. The Morgan fingerprint density at radius 3 is 2.63 bits per heavy atom. The van der Waals surface area contributed by atoms with Gasteiger partial charge in [0.25, 0.3) is 5.91 Å². The van der Waals surface area contributed by atoms with Gasteiger partial charge in [0.05, 0.1) is 0 Å². The van der Waals surface area contributed by atoms with Crippen LogP contribution in [0.25, 0.3) is 0 Å². The van der Waals surface area contributed by atoms with Crippen molar-refractivity contribution in [2.75, 3.05) is 18.5 Å². The lowest BCUT2D eigenvalue weighted by atomic mass is 10.1. The molecule has 5 nitrogen and oxygen atoms in total. The number of rotatable bonds is 7. The Morgan fingerprint density at radius 2 is 1.85 bits per heavy atom. The lowest BCUT2D eigenvalue weighted by molar-refractivity contribution is 0.0951. The predicted octanol–water partition coefficient (Wildman–Crippen LogP) is 3.39. The smallest absolute Gasteiger partial charge is 0.251 e. The molecule has 3 aromatic rings. The van der Waals surface area contributed by atoms with Crippen LogP contribution in [0.5, 0.6) is 0 Å². The van der Waals surface area contributed by atoms with Crippen molar-refractivity contribution in [2.24, 2.45) is 0 Å². The van der Waals surface area contributed by atoms with E-state index in [2.05, 4.69) is 26.3 Å². The number of carbonyl (C=O) groups is 1. The molecule has 0 saturated carbocycles.